The van der Waals surface area contributed by atoms with Gasteiger partial charge in [0.1, 0.15) is 35.9 Å². The Labute approximate surface area is 311 Å². The minimum absolute atomic E-state index is 0.0633. The van der Waals surface area contributed by atoms with Crippen molar-refractivity contribution in [2.45, 2.75) is 42.5 Å². The molecule has 0 aliphatic carbocycles. The van der Waals surface area contributed by atoms with Gasteiger partial charge in [0.15, 0.2) is 0 Å². The van der Waals surface area contributed by atoms with Gasteiger partial charge in [0.25, 0.3) is 11.8 Å². The van der Waals surface area contributed by atoms with Gasteiger partial charge >= 0.3 is 0 Å². The van der Waals surface area contributed by atoms with E-state index in [-0.39, 0.29) is 53.5 Å². The molecule has 0 spiro atoms. The smallest absolute Gasteiger partial charge is 0.268 e. The molecule has 0 unspecified atom stereocenters. The van der Waals surface area contributed by atoms with Crippen LogP contribution in [-0.4, -0.2) is 99.5 Å². The average molecular weight is 766 g/mol. The van der Waals surface area contributed by atoms with Crippen LogP contribution in [0.15, 0.2) is 72.8 Å². The highest BCUT2D eigenvalue weighted by molar-refractivity contribution is 7.16. The third-order valence-corrected chi connectivity index (χ3v) is 12.1. The summed E-state index contributed by atoms with van der Waals surface area (Å²) in [6, 6.07) is 21.3. The van der Waals surface area contributed by atoms with Crippen LogP contribution in [0, 0.1) is 0 Å². The van der Waals surface area contributed by atoms with Gasteiger partial charge in [-0.3, -0.25) is 9.59 Å². The molecule has 270 valence electrons. The second kappa shape index (κ2) is 13.8. The molecule has 0 saturated carbocycles. The second-order valence-corrected chi connectivity index (χ2v) is 14.9. The van der Waals surface area contributed by atoms with Crippen molar-refractivity contribution < 1.29 is 44.6 Å². The van der Waals surface area contributed by atoms with Gasteiger partial charge in [0, 0.05) is 59.6 Å². The van der Waals surface area contributed by atoms with E-state index in [1.54, 1.807) is 34.1 Å². The fourth-order valence-electron chi connectivity index (χ4n) is 7.70. The van der Waals surface area contributed by atoms with Gasteiger partial charge in [-0.25, -0.2) is 0 Å². The van der Waals surface area contributed by atoms with Gasteiger partial charge in [0.2, 0.25) is 6.29 Å². The number of nitrogens with zero attached hydrogens (tertiary/aromatic N) is 2. The number of hydrogen-bond acceptors (Lipinski definition) is 10. The number of phenolic OH excluding ortho intramolecular Hbond substituents is 1. The van der Waals surface area contributed by atoms with Gasteiger partial charge in [-0.1, -0.05) is 48.5 Å². The summed E-state index contributed by atoms with van der Waals surface area (Å²) in [7, 11) is 0. The van der Waals surface area contributed by atoms with Crippen molar-refractivity contribution in [3.05, 3.63) is 93.7 Å². The van der Waals surface area contributed by atoms with E-state index in [1.807, 2.05) is 48.5 Å². The number of carbonyl (C=O) groups excluding carboxylic acids is 2. The summed E-state index contributed by atoms with van der Waals surface area (Å²) in [6.45, 7) is -0.0270. The molecule has 7 atom stereocenters. The lowest BCUT2D eigenvalue weighted by molar-refractivity contribution is -0.277. The molecular formula is C38H34Cl2N2O9S. The number of aliphatic hydroxyl groups excluding tert-OH is 4. The van der Waals surface area contributed by atoms with E-state index in [4.69, 9.17) is 32.7 Å². The van der Waals surface area contributed by atoms with E-state index in [1.165, 1.54) is 0 Å². The van der Waals surface area contributed by atoms with Crippen LogP contribution in [0.1, 0.15) is 42.3 Å². The number of amides is 2. The monoisotopic (exact) mass is 764 g/mol. The number of fused-ring (bicyclic) bond motifs is 6. The van der Waals surface area contributed by atoms with E-state index >= 15 is 0 Å². The van der Waals surface area contributed by atoms with Crippen molar-refractivity contribution in [1.82, 2.24) is 0 Å². The van der Waals surface area contributed by atoms with E-state index < -0.39 is 37.3 Å². The number of aromatic hydroxyl groups is 1. The third kappa shape index (κ3) is 5.60. The number of anilines is 2. The average Bonchev–Trinajstić information content (AvgIpc) is 3.91. The summed E-state index contributed by atoms with van der Waals surface area (Å²) in [4.78, 5) is 32.2. The number of carbonyl (C=O) groups is 2. The number of rotatable bonds is 7. The van der Waals surface area contributed by atoms with Crippen molar-refractivity contribution in [3.63, 3.8) is 0 Å². The van der Waals surface area contributed by atoms with Crippen LogP contribution in [0.2, 0.25) is 0 Å². The number of benzene rings is 4. The van der Waals surface area contributed by atoms with E-state index in [9.17, 15) is 35.1 Å². The van der Waals surface area contributed by atoms with Crippen LogP contribution in [0.25, 0.3) is 21.5 Å². The van der Waals surface area contributed by atoms with Crippen LogP contribution in [0.4, 0.5) is 11.4 Å². The number of halogens is 2. The van der Waals surface area contributed by atoms with Crippen LogP contribution in [0.5, 0.6) is 11.5 Å². The van der Waals surface area contributed by atoms with Crippen molar-refractivity contribution in [1.29, 1.82) is 0 Å². The Bertz CT molecular complexity index is 2210. The number of thiophene rings is 1. The Hall–Kier alpha value is -3.98. The zero-order valence-corrected chi connectivity index (χ0v) is 29.8. The second-order valence-electron chi connectivity index (χ2n) is 13.2. The summed E-state index contributed by atoms with van der Waals surface area (Å²) in [5, 5.41) is 54.8. The topological polar surface area (TPSA) is 160 Å². The lowest BCUT2D eigenvalue weighted by atomic mass is 9.95. The largest absolute Gasteiger partial charge is 0.507 e. The summed E-state index contributed by atoms with van der Waals surface area (Å²) in [6.07, 6.45) is -7.42. The molecular weight excluding hydrogens is 731 g/mol. The molecule has 52 heavy (non-hydrogen) atoms. The lowest BCUT2D eigenvalue weighted by Gasteiger charge is -2.39. The van der Waals surface area contributed by atoms with E-state index in [0.29, 0.717) is 38.4 Å². The maximum atomic E-state index is 14.3. The molecule has 0 radical (unpaired) electrons. The Balaban J connectivity index is 1.12. The summed E-state index contributed by atoms with van der Waals surface area (Å²) in [5.41, 5.74) is 2.85. The maximum absolute atomic E-state index is 14.3. The molecule has 1 fully saturated rings. The predicted octanol–water partition coefficient (Wildman–Crippen LogP) is 4.90. The highest BCUT2D eigenvalue weighted by Crippen LogP contribution is 2.48. The Kier molecular flexibility index (Phi) is 9.29. The zero-order chi connectivity index (χ0) is 36.4. The fraction of sp³-hybridized carbons (Fsp3) is 0.316. The molecule has 5 aromatic rings. The maximum Gasteiger partial charge on any atom is 0.268 e. The number of hydrogen-bond donors (Lipinski definition) is 5. The molecule has 3 aliphatic heterocycles. The number of phenols is 1. The molecule has 0 bridgehead atoms. The summed E-state index contributed by atoms with van der Waals surface area (Å²) in [5.74, 6) is -0.227. The van der Waals surface area contributed by atoms with Crippen molar-refractivity contribution in [2.24, 2.45) is 0 Å². The van der Waals surface area contributed by atoms with Crippen LogP contribution in [0.3, 0.4) is 0 Å². The van der Waals surface area contributed by atoms with Crippen molar-refractivity contribution >= 4 is 79.3 Å². The normalized spacial score (nSPS) is 25.5. The van der Waals surface area contributed by atoms with Crippen LogP contribution >= 0.6 is 34.5 Å². The molecule has 4 heterocycles. The number of aliphatic hydroxyl groups is 4. The first-order chi connectivity index (χ1) is 25.1. The van der Waals surface area contributed by atoms with Gasteiger partial charge in [0.05, 0.1) is 27.7 Å². The molecule has 2 amide bonds. The Morgan fingerprint density at radius 3 is 1.83 bits per heavy atom. The Morgan fingerprint density at radius 2 is 1.27 bits per heavy atom. The number of alkyl halides is 2. The summed E-state index contributed by atoms with van der Waals surface area (Å²) >= 11 is 13.9. The van der Waals surface area contributed by atoms with Gasteiger partial charge in [-0.05, 0) is 34.0 Å². The molecule has 14 heteroatoms. The molecule has 3 aliphatic rings. The fourth-order valence-corrected chi connectivity index (χ4v) is 9.11. The highest BCUT2D eigenvalue weighted by atomic mass is 35.5. The first-order valence-corrected chi connectivity index (χ1v) is 18.7. The molecule has 1 aromatic heterocycles. The van der Waals surface area contributed by atoms with E-state index in [0.717, 1.165) is 33.2 Å². The van der Waals surface area contributed by atoms with Crippen LogP contribution in [-0.2, 0) is 4.74 Å². The number of ether oxygens (including phenoxy) is 2. The molecule has 5 N–H and O–H groups in total. The van der Waals surface area contributed by atoms with Gasteiger partial charge in [-0.15, -0.1) is 34.5 Å². The van der Waals surface area contributed by atoms with Crippen molar-refractivity contribution in [3.8, 4) is 11.5 Å². The van der Waals surface area contributed by atoms with Crippen LogP contribution < -0.4 is 14.5 Å². The molecule has 8 rings (SSSR count). The molecule has 4 aromatic carbocycles. The SMILES string of the molecule is O=C(c1ccc(C(=O)N2C[C@@H](CCl)c3c2cc(O[C@@H]2O[C@H](CO)[C@H](O)[C@@H](O)[C@@H]2O)c2ccccc32)s1)N1C[C@@H](CCl)c2c1cc(O)c1ccccc21. The minimum atomic E-state index is -1.63. The first kappa shape index (κ1) is 35.1. The van der Waals surface area contributed by atoms with E-state index in [2.05, 4.69) is 0 Å². The first-order valence-electron chi connectivity index (χ1n) is 16.8. The highest BCUT2D eigenvalue weighted by Gasteiger charge is 2.45. The molecule has 1 saturated heterocycles. The zero-order valence-electron chi connectivity index (χ0n) is 27.4. The predicted molar refractivity (Wildman–Crippen MR) is 199 cm³/mol. The van der Waals surface area contributed by atoms with Gasteiger partial charge < -0.3 is 44.8 Å². The van der Waals surface area contributed by atoms with Gasteiger partial charge in [-0.2, -0.15) is 0 Å². The van der Waals surface area contributed by atoms with Crippen molar-refractivity contribution in [2.75, 3.05) is 41.3 Å². The standard InChI is InChI=1S/C38H34Cl2N2O9S/c39-13-18-15-41(24-11-26(44)20-5-1-3-7-22(20)31(18)24)36(48)29-9-10-30(52-29)37(49)42-16-19(14-40)32-23-8-4-2-6-21(23)27(12-25(32)42)50-38-35(47)34(46)33(45)28(17-43)51-38/h1-12,18-19,28,33-35,38,43-47H,13-17H2/t18-,19-,28-,33+,34-,35+,38-/m1/s1. The third-order valence-electron chi connectivity index (χ3n) is 10.3. The molecule has 11 nitrogen and oxygen atoms in total. The summed E-state index contributed by atoms with van der Waals surface area (Å²) < 4.78 is 11.8. The lowest BCUT2D eigenvalue weighted by Crippen LogP contribution is -2.60. The minimum Gasteiger partial charge on any atom is -0.507 e. The Morgan fingerprint density at radius 1 is 0.750 bits per heavy atom. The quantitative estimate of drug-likeness (QED) is 0.145.